The van der Waals surface area contributed by atoms with E-state index in [1.54, 1.807) is 12.1 Å². The smallest absolute Gasteiger partial charge is 0.278 e. The molecule has 0 amide bonds. The van der Waals surface area contributed by atoms with Crippen molar-refractivity contribution < 1.29 is 4.74 Å². The average Bonchev–Trinajstić information content (AvgIpc) is 2.64. The van der Waals surface area contributed by atoms with Gasteiger partial charge in [-0.2, -0.15) is 0 Å². The van der Waals surface area contributed by atoms with E-state index in [1.807, 2.05) is 42.5 Å². The van der Waals surface area contributed by atoms with Crippen molar-refractivity contribution in [1.29, 1.82) is 0 Å². The zero-order valence-electron chi connectivity index (χ0n) is 13.3. The Morgan fingerprint density at radius 2 is 1.80 bits per heavy atom. The summed E-state index contributed by atoms with van der Waals surface area (Å²) in [4.78, 5) is 14.9. The van der Waals surface area contributed by atoms with E-state index >= 15 is 0 Å². The highest BCUT2D eigenvalue weighted by Crippen LogP contribution is 2.17. The molecule has 1 aromatic heterocycles. The zero-order chi connectivity index (χ0) is 17.5. The largest absolute Gasteiger partial charge is 0.494 e. The predicted molar refractivity (Wildman–Crippen MR) is 100 cm³/mol. The number of aromatic nitrogens is 3. The number of halogens is 1. The van der Waals surface area contributed by atoms with Gasteiger partial charge in [0.15, 0.2) is 10.9 Å². The van der Waals surface area contributed by atoms with Crippen molar-refractivity contribution in [3.8, 4) is 17.0 Å². The second-order valence-corrected chi connectivity index (χ2v) is 6.70. The summed E-state index contributed by atoms with van der Waals surface area (Å²) >= 11 is 7.27. The lowest BCUT2D eigenvalue weighted by atomic mass is 10.2. The zero-order valence-corrected chi connectivity index (χ0v) is 14.9. The van der Waals surface area contributed by atoms with Gasteiger partial charge in [-0.15, -0.1) is 10.2 Å². The molecule has 0 radical (unpaired) electrons. The van der Waals surface area contributed by atoms with Gasteiger partial charge >= 0.3 is 0 Å². The Morgan fingerprint density at radius 1 is 1.04 bits per heavy atom. The fraction of sp³-hybridized carbons (Fsp3) is 0.167. The van der Waals surface area contributed by atoms with Crippen LogP contribution in [0.25, 0.3) is 11.3 Å². The number of hydrogen-bond donors (Lipinski definition) is 1. The molecule has 0 saturated heterocycles. The maximum atomic E-state index is 12.1. The quantitative estimate of drug-likeness (QED) is 0.500. The van der Waals surface area contributed by atoms with Crippen LogP contribution in [-0.4, -0.2) is 27.5 Å². The molecule has 0 unspecified atom stereocenters. The van der Waals surface area contributed by atoms with E-state index in [-0.39, 0.29) is 5.56 Å². The standard InChI is InChI=1S/C18H16ClN3O2S/c19-14-7-9-15(10-8-14)24-11-4-12-25-18-20-17(23)16(21-22-18)13-5-2-1-3-6-13/h1-3,5-10H,4,11-12H2,(H,20,22,23). The van der Waals surface area contributed by atoms with Gasteiger partial charge in [0.05, 0.1) is 6.61 Å². The molecule has 1 heterocycles. The molecule has 0 spiro atoms. The van der Waals surface area contributed by atoms with Gasteiger partial charge < -0.3 is 4.74 Å². The molecule has 0 aliphatic heterocycles. The van der Waals surface area contributed by atoms with E-state index < -0.39 is 0 Å². The van der Waals surface area contributed by atoms with E-state index in [0.29, 0.717) is 22.5 Å². The van der Waals surface area contributed by atoms with Crippen LogP contribution >= 0.6 is 23.4 Å². The van der Waals surface area contributed by atoms with Gasteiger partial charge in [0, 0.05) is 16.3 Å². The number of nitrogens with zero attached hydrogens (tertiary/aromatic N) is 2. The summed E-state index contributed by atoms with van der Waals surface area (Å²) in [7, 11) is 0. The van der Waals surface area contributed by atoms with E-state index in [2.05, 4.69) is 15.2 Å². The van der Waals surface area contributed by atoms with Crippen LogP contribution in [-0.2, 0) is 0 Å². The van der Waals surface area contributed by atoms with E-state index in [1.165, 1.54) is 11.8 Å². The topological polar surface area (TPSA) is 67.9 Å². The van der Waals surface area contributed by atoms with Crippen LogP contribution < -0.4 is 10.3 Å². The Labute approximate surface area is 154 Å². The van der Waals surface area contributed by atoms with Gasteiger partial charge in [-0.3, -0.25) is 9.78 Å². The minimum absolute atomic E-state index is 0.235. The van der Waals surface area contributed by atoms with Crippen LogP contribution in [0.1, 0.15) is 6.42 Å². The van der Waals surface area contributed by atoms with E-state index in [0.717, 1.165) is 23.5 Å². The Hall–Kier alpha value is -2.31. The minimum atomic E-state index is -0.235. The maximum Gasteiger partial charge on any atom is 0.278 e. The first-order chi connectivity index (χ1) is 12.2. The highest BCUT2D eigenvalue weighted by molar-refractivity contribution is 7.99. The number of rotatable bonds is 7. The number of nitrogens with one attached hydrogen (secondary N) is 1. The molecule has 0 atom stereocenters. The molecule has 5 nitrogen and oxygen atoms in total. The van der Waals surface area contributed by atoms with Gasteiger partial charge in [0.1, 0.15) is 5.75 Å². The van der Waals surface area contributed by atoms with Crippen LogP contribution in [0.5, 0.6) is 5.75 Å². The molecule has 7 heteroatoms. The Balaban J connectivity index is 1.48. The van der Waals surface area contributed by atoms with Crippen molar-refractivity contribution in [3.05, 3.63) is 70.0 Å². The number of hydrogen-bond acceptors (Lipinski definition) is 5. The highest BCUT2D eigenvalue weighted by Gasteiger charge is 2.07. The molecule has 128 valence electrons. The third-order valence-corrected chi connectivity index (χ3v) is 4.54. The number of ether oxygens (including phenoxy) is 1. The second kappa shape index (κ2) is 8.69. The summed E-state index contributed by atoms with van der Waals surface area (Å²) in [5.74, 6) is 1.55. The lowest BCUT2D eigenvalue weighted by Gasteiger charge is -2.06. The van der Waals surface area contributed by atoms with Crippen LogP contribution in [0.3, 0.4) is 0 Å². The molecular weight excluding hydrogens is 358 g/mol. The molecule has 0 aliphatic carbocycles. The molecule has 25 heavy (non-hydrogen) atoms. The number of aromatic amines is 1. The van der Waals surface area contributed by atoms with Gasteiger partial charge in [-0.25, -0.2) is 0 Å². The number of H-pyrrole nitrogens is 1. The first-order valence-corrected chi connectivity index (χ1v) is 9.12. The highest BCUT2D eigenvalue weighted by atomic mass is 35.5. The van der Waals surface area contributed by atoms with Crippen molar-refractivity contribution in [2.45, 2.75) is 11.6 Å². The summed E-state index contributed by atoms with van der Waals surface area (Å²) in [5.41, 5.74) is 0.848. The summed E-state index contributed by atoms with van der Waals surface area (Å²) in [5, 5.41) is 9.32. The first kappa shape index (κ1) is 17.5. The molecule has 1 N–H and O–H groups in total. The summed E-state index contributed by atoms with van der Waals surface area (Å²) in [6.45, 7) is 0.578. The maximum absolute atomic E-state index is 12.1. The summed E-state index contributed by atoms with van der Waals surface area (Å²) in [6.07, 6.45) is 0.817. The molecule has 2 aromatic carbocycles. The summed E-state index contributed by atoms with van der Waals surface area (Å²) in [6, 6.07) is 16.5. The van der Waals surface area contributed by atoms with Crippen molar-refractivity contribution in [2.24, 2.45) is 0 Å². The lowest BCUT2D eigenvalue weighted by molar-refractivity contribution is 0.318. The fourth-order valence-electron chi connectivity index (χ4n) is 2.12. The summed E-state index contributed by atoms with van der Waals surface area (Å²) < 4.78 is 5.62. The Morgan fingerprint density at radius 3 is 2.52 bits per heavy atom. The van der Waals surface area contributed by atoms with Gasteiger partial charge in [0.2, 0.25) is 0 Å². The van der Waals surface area contributed by atoms with Gasteiger partial charge in [-0.05, 0) is 30.7 Å². The van der Waals surface area contributed by atoms with Gasteiger partial charge in [0.25, 0.3) is 5.56 Å². The SMILES string of the molecule is O=c1[nH]c(SCCCOc2ccc(Cl)cc2)nnc1-c1ccccc1. The average molecular weight is 374 g/mol. The molecule has 3 aromatic rings. The first-order valence-electron chi connectivity index (χ1n) is 7.76. The molecule has 0 fully saturated rings. The van der Waals surface area contributed by atoms with E-state index in [4.69, 9.17) is 16.3 Å². The molecule has 0 saturated carbocycles. The minimum Gasteiger partial charge on any atom is -0.494 e. The fourth-order valence-corrected chi connectivity index (χ4v) is 2.97. The van der Waals surface area contributed by atoms with Crippen molar-refractivity contribution >= 4 is 23.4 Å². The molecule has 3 rings (SSSR count). The molecule has 0 aliphatic rings. The molecule has 0 bridgehead atoms. The normalized spacial score (nSPS) is 10.6. The third-order valence-electron chi connectivity index (χ3n) is 3.33. The Bertz CT molecular complexity index is 869. The Kier molecular flexibility index (Phi) is 6.09. The lowest BCUT2D eigenvalue weighted by Crippen LogP contribution is -2.14. The van der Waals surface area contributed by atoms with Crippen LogP contribution in [0, 0.1) is 0 Å². The third kappa shape index (κ3) is 5.08. The predicted octanol–water partition coefficient (Wildman–Crippen LogP) is 4.05. The number of thioether (sulfide) groups is 1. The van der Waals surface area contributed by atoms with Crippen LogP contribution in [0.4, 0.5) is 0 Å². The van der Waals surface area contributed by atoms with Crippen molar-refractivity contribution in [3.63, 3.8) is 0 Å². The van der Waals surface area contributed by atoms with Crippen molar-refractivity contribution in [2.75, 3.05) is 12.4 Å². The number of benzene rings is 2. The van der Waals surface area contributed by atoms with Crippen LogP contribution in [0.15, 0.2) is 64.5 Å². The van der Waals surface area contributed by atoms with Crippen LogP contribution in [0.2, 0.25) is 5.02 Å². The van der Waals surface area contributed by atoms with Gasteiger partial charge in [-0.1, -0.05) is 53.7 Å². The monoisotopic (exact) mass is 373 g/mol. The van der Waals surface area contributed by atoms with E-state index in [9.17, 15) is 4.79 Å². The molecular formula is C18H16ClN3O2S. The second-order valence-electron chi connectivity index (χ2n) is 5.18. The van der Waals surface area contributed by atoms with Crippen molar-refractivity contribution in [1.82, 2.24) is 15.2 Å².